The van der Waals surface area contributed by atoms with Gasteiger partial charge in [-0.25, -0.2) is 13.2 Å². The van der Waals surface area contributed by atoms with Crippen molar-refractivity contribution in [2.24, 2.45) is 0 Å². The second-order valence-corrected chi connectivity index (χ2v) is 5.38. The highest BCUT2D eigenvalue weighted by Gasteiger charge is 2.45. The fourth-order valence-electron chi connectivity index (χ4n) is 2.68. The standard InChI is InChI=1S/C14H16F6N2O/c15-11-6-9(5-10(7-11)14(18,19)20)12(13(16,17)8-23)22-3-1-21-2-4-22/h5-7,12,21,23H,1-4,8H2/t12-/m1/s1. The molecule has 2 N–H and O–H groups in total. The van der Waals surface area contributed by atoms with E-state index in [4.69, 9.17) is 5.11 Å². The van der Waals surface area contributed by atoms with Crippen LogP contribution in [0.2, 0.25) is 0 Å². The minimum atomic E-state index is -4.85. The minimum absolute atomic E-state index is 0.151. The third-order valence-electron chi connectivity index (χ3n) is 3.69. The van der Waals surface area contributed by atoms with Crippen LogP contribution in [0.4, 0.5) is 26.3 Å². The minimum Gasteiger partial charge on any atom is -0.390 e. The molecule has 0 radical (unpaired) electrons. The monoisotopic (exact) mass is 342 g/mol. The molecule has 1 aromatic rings. The first-order chi connectivity index (χ1) is 10.6. The molecule has 130 valence electrons. The van der Waals surface area contributed by atoms with Gasteiger partial charge in [0, 0.05) is 26.2 Å². The molecule has 1 aliphatic heterocycles. The summed E-state index contributed by atoms with van der Waals surface area (Å²) in [6, 6.07) is -0.397. The quantitative estimate of drug-likeness (QED) is 0.825. The van der Waals surface area contributed by atoms with E-state index in [0.29, 0.717) is 25.2 Å². The zero-order valence-corrected chi connectivity index (χ0v) is 12.0. The molecule has 2 rings (SSSR count). The van der Waals surface area contributed by atoms with Gasteiger partial charge in [0.15, 0.2) is 0 Å². The number of benzene rings is 1. The lowest BCUT2D eigenvalue weighted by atomic mass is 9.96. The van der Waals surface area contributed by atoms with Gasteiger partial charge in [-0.2, -0.15) is 13.2 Å². The Labute approximate surface area is 128 Å². The van der Waals surface area contributed by atoms with Crippen molar-refractivity contribution in [2.75, 3.05) is 32.8 Å². The van der Waals surface area contributed by atoms with Gasteiger partial charge >= 0.3 is 6.18 Å². The molecular formula is C14H16F6N2O. The van der Waals surface area contributed by atoms with Crippen LogP contribution in [0.3, 0.4) is 0 Å². The molecule has 1 atom stereocenters. The van der Waals surface area contributed by atoms with Gasteiger partial charge in [-0.15, -0.1) is 0 Å². The van der Waals surface area contributed by atoms with Gasteiger partial charge in [0.05, 0.1) is 5.56 Å². The highest BCUT2D eigenvalue weighted by molar-refractivity contribution is 5.30. The summed E-state index contributed by atoms with van der Waals surface area (Å²) in [6.45, 7) is -0.491. The van der Waals surface area contributed by atoms with Crippen molar-refractivity contribution >= 4 is 0 Å². The molecule has 0 aliphatic carbocycles. The molecule has 0 bridgehead atoms. The number of halogens is 6. The van der Waals surface area contributed by atoms with Gasteiger partial charge in [-0.05, 0) is 23.8 Å². The van der Waals surface area contributed by atoms with Crippen molar-refractivity contribution in [3.8, 4) is 0 Å². The maximum atomic E-state index is 14.1. The van der Waals surface area contributed by atoms with E-state index in [1.807, 2.05) is 0 Å². The summed E-state index contributed by atoms with van der Waals surface area (Å²) in [5, 5.41) is 11.9. The molecule has 23 heavy (non-hydrogen) atoms. The first-order valence-corrected chi connectivity index (χ1v) is 6.96. The van der Waals surface area contributed by atoms with Crippen LogP contribution in [0.5, 0.6) is 0 Å². The SMILES string of the molecule is OCC(F)(F)[C@@H](c1cc(F)cc(C(F)(F)F)c1)N1CCNCC1. The van der Waals surface area contributed by atoms with E-state index in [9.17, 15) is 26.3 Å². The van der Waals surface area contributed by atoms with Crippen molar-refractivity contribution in [1.29, 1.82) is 0 Å². The van der Waals surface area contributed by atoms with Crippen molar-refractivity contribution < 1.29 is 31.4 Å². The van der Waals surface area contributed by atoms with E-state index in [2.05, 4.69) is 5.32 Å². The smallest absolute Gasteiger partial charge is 0.390 e. The largest absolute Gasteiger partial charge is 0.416 e. The van der Waals surface area contributed by atoms with Crippen LogP contribution in [-0.4, -0.2) is 48.7 Å². The second-order valence-electron chi connectivity index (χ2n) is 5.38. The van der Waals surface area contributed by atoms with Crippen LogP contribution < -0.4 is 5.32 Å². The number of aliphatic hydroxyl groups excluding tert-OH is 1. The molecule has 3 nitrogen and oxygen atoms in total. The summed E-state index contributed by atoms with van der Waals surface area (Å²) in [5.74, 6) is -4.95. The van der Waals surface area contributed by atoms with Gasteiger partial charge in [-0.3, -0.25) is 4.90 Å². The zero-order chi connectivity index (χ0) is 17.3. The summed E-state index contributed by atoms with van der Waals surface area (Å²) < 4.78 is 80.2. The van der Waals surface area contributed by atoms with Crippen molar-refractivity contribution in [1.82, 2.24) is 10.2 Å². The lowest BCUT2D eigenvalue weighted by Gasteiger charge is -2.39. The normalized spacial score (nSPS) is 18.9. The summed E-state index contributed by atoms with van der Waals surface area (Å²) in [6.07, 6.45) is -4.85. The van der Waals surface area contributed by atoms with Crippen molar-refractivity contribution in [2.45, 2.75) is 18.1 Å². The van der Waals surface area contributed by atoms with Crippen LogP contribution in [0.25, 0.3) is 0 Å². The fraction of sp³-hybridized carbons (Fsp3) is 0.571. The lowest BCUT2D eigenvalue weighted by Crippen LogP contribution is -2.51. The molecule has 1 saturated heterocycles. The van der Waals surface area contributed by atoms with E-state index in [1.54, 1.807) is 0 Å². The zero-order valence-electron chi connectivity index (χ0n) is 12.0. The third kappa shape index (κ3) is 4.15. The maximum absolute atomic E-state index is 14.1. The topological polar surface area (TPSA) is 35.5 Å². The van der Waals surface area contributed by atoms with E-state index in [1.165, 1.54) is 4.90 Å². The molecule has 1 aromatic carbocycles. The van der Waals surface area contributed by atoms with Crippen LogP contribution in [0.15, 0.2) is 18.2 Å². The van der Waals surface area contributed by atoms with Crippen LogP contribution in [0, 0.1) is 5.82 Å². The van der Waals surface area contributed by atoms with Crippen molar-refractivity contribution in [3.05, 3.63) is 35.1 Å². The van der Waals surface area contributed by atoms with E-state index >= 15 is 0 Å². The summed E-state index contributed by atoms with van der Waals surface area (Å²) in [5.41, 5.74) is -1.83. The molecule has 1 fully saturated rings. The molecular weight excluding hydrogens is 326 g/mol. The van der Waals surface area contributed by atoms with Crippen LogP contribution >= 0.6 is 0 Å². The van der Waals surface area contributed by atoms with Gasteiger partial charge in [0.25, 0.3) is 5.92 Å². The average Bonchev–Trinajstić information content (AvgIpc) is 2.47. The highest BCUT2D eigenvalue weighted by atomic mass is 19.4. The Morgan fingerprint density at radius 1 is 1.09 bits per heavy atom. The lowest BCUT2D eigenvalue weighted by molar-refractivity contribution is -0.138. The number of aliphatic hydroxyl groups is 1. The maximum Gasteiger partial charge on any atom is 0.416 e. The van der Waals surface area contributed by atoms with Gasteiger partial charge in [-0.1, -0.05) is 0 Å². The predicted octanol–water partition coefficient (Wildman–Crippen LogP) is 2.42. The molecule has 0 amide bonds. The Hall–Kier alpha value is -1.32. The predicted molar refractivity (Wildman–Crippen MR) is 70.6 cm³/mol. The molecule has 1 aliphatic rings. The fourth-order valence-corrected chi connectivity index (χ4v) is 2.68. The molecule has 0 spiro atoms. The molecule has 0 saturated carbocycles. The van der Waals surface area contributed by atoms with E-state index in [-0.39, 0.29) is 19.2 Å². The molecule has 0 unspecified atom stereocenters. The number of alkyl halides is 5. The number of piperazine rings is 1. The Balaban J connectivity index is 2.48. The summed E-state index contributed by atoms with van der Waals surface area (Å²) >= 11 is 0. The van der Waals surface area contributed by atoms with Gasteiger partial charge < -0.3 is 10.4 Å². The second kappa shape index (κ2) is 6.66. The molecule has 0 aromatic heterocycles. The Bertz CT molecular complexity index is 543. The first-order valence-electron chi connectivity index (χ1n) is 6.96. The molecule has 1 heterocycles. The van der Waals surface area contributed by atoms with E-state index in [0.717, 1.165) is 0 Å². The Morgan fingerprint density at radius 3 is 2.22 bits per heavy atom. The first kappa shape index (κ1) is 18.0. The summed E-state index contributed by atoms with van der Waals surface area (Å²) in [4.78, 5) is 1.25. The number of hydrogen-bond donors (Lipinski definition) is 2. The van der Waals surface area contributed by atoms with Crippen LogP contribution in [-0.2, 0) is 6.18 Å². The average molecular weight is 342 g/mol. The summed E-state index contributed by atoms with van der Waals surface area (Å²) in [7, 11) is 0. The van der Waals surface area contributed by atoms with Gasteiger partial charge in [0.2, 0.25) is 0 Å². The molecule has 9 heteroatoms. The third-order valence-corrected chi connectivity index (χ3v) is 3.69. The number of rotatable bonds is 4. The Morgan fingerprint density at radius 2 is 1.70 bits per heavy atom. The van der Waals surface area contributed by atoms with Gasteiger partial charge in [0.1, 0.15) is 18.5 Å². The van der Waals surface area contributed by atoms with Crippen LogP contribution in [0.1, 0.15) is 17.2 Å². The number of nitrogens with one attached hydrogen (secondary N) is 1. The number of hydrogen-bond acceptors (Lipinski definition) is 3. The van der Waals surface area contributed by atoms with Crippen molar-refractivity contribution in [3.63, 3.8) is 0 Å². The van der Waals surface area contributed by atoms with E-state index < -0.39 is 41.7 Å². The number of nitrogens with zero attached hydrogens (tertiary/aromatic N) is 1. The Kier molecular flexibility index (Phi) is 5.22. The highest BCUT2D eigenvalue weighted by Crippen LogP contribution is 2.39.